The standard InChI is InChI=1S/C10H7Br2N3O/c11-6-1-3-7(4-2-6)15-10(16)8-9(12)14-5-13-8/h1-5H,(H,13,14)(H,15,16). The summed E-state index contributed by atoms with van der Waals surface area (Å²) in [5.41, 5.74) is 1.06. The summed E-state index contributed by atoms with van der Waals surface area (Å²) < 4.78 is 1.54. The largest absolute Gasteiger partial charge is 0.339 e. The fraction of sp³-hybridized carbons (Fsp3) is 0. The maximum Gasteiger partial charge on any atom is 0.277 e. The lowest BCUT2D eigenvalue weighted by molar-refractivity contribution is 0.102. The van der Waals surface area contributed by atoms with Crippen LogP contribution in [0.5, 0.6) is 0 Å². The van der Waals surface area contributed by atoms with Crippen LogP contribution in [0.4, 0.5) is 5.69 Å². The third kappa shape index (κ3) is 2.51. The highest BCUT2D eigenvalue weighted by Crippen LogP contribution is 2.16. The van der Waals surface area contributed by atoms with E-state index in [1.807, 2.05) is 24.3 Å². The smallest absolute Gasteiger partial charge is 0.277 e. The van der Waals surface area contributed by atoms with E-state index >= 15 is 0 Å². The minimum atomic E-state index is -0.254. The summed E-state index contributed by atoms with van der Waals surface area (Å²) in [7, 11) is 0. The van der Waals surface area contributed by atoms with Gasteiger partial charge in [0, 0.05) is 10.2 Å². The Morgan fingerprint density at radius 3 is 2.50 bits per heavy atom. The van der Waals surface area contributed by atoms with Gasteiger partial charge in [-0.15, -0.1) is 0 Å². The van der Waals surface area contributed by atoms with Crippen molar-refractivity contribution in [1.29, 1.82) is 0 Å². The number of aromatic nitrogens is 2. The number of halogens is 2. The molecule has 1 aromatic carbocycles. The first-order valence-electron chi connectivity index (χ1n) is 4.42. The number of anilines is 1. The third-order valence-corrected chi connectivity index (χ3v) is 3.04. The van der Waals surface area contributed by atoms with Gasteiger partial charge in [0.1, 0.15) is 4.60 Å². The van der Waals surface area contributed by atoms with Crippen LogP contribution < -0.4 is 5.32 Å². The maximum absolute atomic E-state index is 11.7. The predicted octanol–water partition coefficient (Wildman–Crippen LogP) is 3.19. The number of imidazole rings is 1. The van der Waals surface area contributed by atoms with E-state index in [4.69, 9.17) is 0 Å². The number of carbonyl (C=O) groups is 1. The lowest BCUT2D eigenvalue weighted by atomic mass is 10.3. The quantitative estimate of drug-likeness (QED) is 0.879. The monoisotopic (exact) mass is 343 g/mol. The van der Waals surface area contributed by atoms with Crippen LogP contribution in [0.1, 0.15) is 10.5 Å². The van der Waals surface area contributed by atoms with Gasteiger partial charge >= 0.3 is 0 Å². The van der Waals surface area contributed by atoms with Crippen molar-refractivity contribution in [1.82, 2.24) is 9.97 Å². The Morgan fingerprint density at radius 1 is 1.25 bits per heavy atom. The number of hydrogen-bond donors (Lipinski definition) is 2. The summed E-state index contributed by atoms with van der Waals surface area (Å²) in [6, 6.07) is 7.33. The highest BCUT2D eigenvalue weighted by Gasteiger charge is 2.12. The Hall–Kier alpha value is -1.14. The molecular formula is C10H7Br2N3O. The SMILES string of the molecule is O=C(Nc1ccc(Br)cc1)c1nc[nH]c1Br. The Balaban J connectivity index is 2.14. The molecule has 0 bridgehead atoms. The number of carbonyl (C=O) groups excluding carboxylic acids is 1. The molecule has 1 aromatic heterocycles. The Kier molecular flexibility index (Phi) is 3.40. The number of nitrogens with zero attached hydrogens (tertiary/aromatic N) is 1. The number of H-pyrrole nitrogens is 1. The number of rotatable bonds is 2. The molecule has 0 aliphatic heterocycles. The van der Waals surface area contributed by atoms with Crippen LogP contribution in [0.2, 0.25) is 0 Å². The van der Waals surface area contributed by atoms with Crippen LogP contribution in [0.15, 0.2) is 39.7 Å². The van der Waals surface area contributed by atoms with Crippen LogP contribution in [0.25, 0.3) is 0 Å². The van der Waals surface area contributed by atoms with E-state index < -0.39 is 0 Å². The molecule has 0 aliphatic rings. The number of hydrogen-bond acceptors (Lipinski definition) is 2. The van der Waals surface area contributed by atoms with Gasteiger partial charge in [-0.3, -0.25) is 4.79 Å². The van der Waals surface area contributed by atoms with E-state index in [-0.39, 0.29) is 5.91 Å². The van der Waals surface area contributed by atoms with Gasteiger partial charge in [-0.1, -0.05) is 15.9 Å². The molecule has 0 atom stereocenters. The molecule has 0 saturated heterocycles. The molecule has 1 heterocycles. The summed E-state index contributed by atoms with van der Waals surface area (Å²) in [5.74, 6) is -0.254. The first-order valence-corrected chi connectivity index (χ1v) is 6.01. The first kappa shape index (κ1) is 11.3. The van der Waals surface area contributed by atoms with Crippen LogP contribution in [-0.4, -0.2) is 15.9 Å². The Labute approximate surface area is 109 Å². The van der Waals surface area contributed by atoms with Gasteiger partial charge in [-0.05, 0) is 40.2 Å². The summed E-state index contributed by atoms with van der Waals surface area (Å²) in [5, 5.41) is 2.74. The van der Waals surface area contributed by atoms with Gasteiger partial charge in [0.25, 0.3) is 5.91 Å². The average molecular weight is 345 g/mol. The van der Waals surface area contributed by atoms with E-state index in [1.165, 1.54) is 6.33 Å². The first-order chi connectivity index (χ1) is 7.66. The van der Waals surface area contributed by atoms with Crippen molar-refractivity contribution < 1.29 is 4.79 Å². The van der Waals surface area contributed by atoms with Gasteiger partial charge in [0.2, 0.25) is 0 Å². The van der Waals surface area contributed by atoms with E-state index in [9.17, 15) is 4.79 Å². The van der Waals surface area contributed by atoms with E-state index in [1.54, 1.807) is 0 Å². The van der Waals surface area contributed by atoms with E-state index in [0.29, 0.717) is 10.3 Å². The second-order valence-electron chi connectivity index (χ2n) is 3.03. The molecule has 2 N–H and O–H groups in total. The van der Waals surface area contributed by atoms with Crippen molar-refractivity contribution in [3.8, 4) is 0 Å². The lowest BCUT2D eigenvalue weighted by Gasteiger charge is -2.03. The number of nitrogens with one attached hydrogen (secondary N) is 2. The van der Waals surface area contributed by atoms with Crippen molar-refractivity contribution in [2.75, 3.05) is 5.32 Å². The summed E-state index contributed by atoms with van der Waals surface area (Å²) in [4.78, 5) is 18.4. The van der Waals surface area contributed by atoms with E-state index in [0.717, 1.165) is 10.2 Å². The zero-order valence-corrected chi connectivity index (χ0v) is 11.2. The molecule has 0 radical (unpaired) electrons. The third-order valence-electron chi connectivity index (χ3n) is 1.91. The Bertz CT molecular complexity index is 507. The van der Waals surface area contributed by atoms with Gasteiger partial charge in [-0.2, -0.15) is 0 Å². The highest BCUT2D eigenvalue weighted by atomic mass is 79.9. The average Bonchev–Trinajstić information content (AvgIpc) is 2.68. The molecule has 0 unspecified atom stereocenters. The minimum absolute atomic E-state index is 0.254. The van der Waals surface area contributed by atoms with Crippen molar-refractivity contribution >= 4 is 43.5 Å². The molecular weight excluding hydrogens is 338 g/mol. The number of aromatic amines is 1. The van der Waals surface area contributed by atoms with Crippen LogP contribution in [0, 0.1) is 0 Å². The molecule has 0 fully saturated rings. The van der Waals surface area contributed by atoms with E-state index in [2.05, 4.69) is 47.1 Å². The normalized spacial score (nSPS) is 10.1. The lowest BCUT2D eigenvalue weighted by Crippen LogP contribution is -2.12. The molecule has 82 valence electrons. The van der Waals surface area contributed by atoms with Gasteiger partial charge in [-0.25, -0.2) is 4.98 Å². The molecule has 16 heavy (non-hydrogen) atoms. The molecule has 4 nitrogen and oxygen atoms in total. The van der Waals surface area contributed by atoms with Crippen LogP contribution >= 0.6 is 31.9 Å². The van der Waals surface area contributed by atoms with Crippen molar-refractivity contribution in [2.45, 2.75) is 0 Å². The molecule has 1 amide bonds. The second-order valence-corrected chi connectivity index (χ2v) is 4.73. The molecule has 0 saturated carbocycles. The second kappa shape index (κ2) is 4.80. The van der Waals surface area contributed by atoms with Gasteiger partial charge in [0.15, 0.2) is 5.69 Å². The molecule has 2 rings (SSSR count). The van der Waals surface area contributed by atoms with Gasteiger partial charge in [0.05, 0.1) is 6.33 Å². The van der Waals surface area contributed by atoms with Crippen molar-refractivity contribution in [3.63, 3.8) is 0 Å². The number of benzene rings is 1. The zero-order chi connectivity index (χ0) is 11.5. The molecule has 0 spiro atoms. The molecule has 0 aliphatic carbocycles. The number of amides is 1. The topological polar surface area (TPSA) is 57.8 Å². The van der Waals surface area contributed by atoms with Crippen molar-refractivity contribution in [2.24, 2.45) is 0 Å². The minimum Gasteiger partial charge on any atom is -0.339 e. The fourth-order valence-electron chi connectivity index (χ4n) is 1.16. The van der Waals surface area contributed by atoms with Gasteiger partial charge < -0.3 is 10.3 Å². The zero-order valence-electron chi connectivity index (χ0n) is 8.00. The summed E-state index contributed by atoms with van der Waals surface area (Å²) in [6.07, 6.45) is 1.46. The maximum atomic E-state index is 11.7. The molecule has 2 aromatic rings. The Morgan fingerprint density at radius 2 is 1.94 bits per heavy atom. The van der Waals surface area contributed by atoms with Crippen molar-refractivity contribution in [3.05, 3.63) is 45.4 Å². The fourth-order valence-corrected chi connectivity index (χ4v) is 1.81. The summed E-state index contributed by atoms with van der Waals surface area (Å²) in [6.45, 7) is 0. The molecule has 6 heteroatoms. The van der Waals surface area contributed by atoms with Crippen LogP contribution in [0.3, 0.4) is 0 Å². The highest BCUT2D eigenvalue weighted by molar-refractivity contribution is 9.10. The van der Waals surface area contributed by atoms with Crippen LogP contribution in [-0.2, 0) is 0 Å². The predicted molar refractivity (Wildman–Crippen MR) is 68.4 cm³/mol. The summed E-state index contributed by atoms with van der Waals surface area (Å²) >= 11 is 6.53.